The lowest BCUT2D eigenvalue weighted by molar-refractivity contribution is 0.416. The van der Waals surface area contributed by atoms with Gasteiger partial charge in [0.05, 0.1) is 0 Å². The van der Waals surface area contributed by atoms with Crippen LogP contribution in [0.4, 0.5) is 0 Å². The van der Waals surface area contributed by atoms with Gasteiger partial charge in [0.2, 0.25) is 0 Å². The number of thioether (sulfide) groups is 1. The summed E-state index contributed by atoms with van der Waals surface area (Å²) in [5.74, 6) is 1.14. The van der Waals surface area contributed by atoms with Gasteiger partial charge in [0, 0.05) is 25.4 Å². The lowest BCUT2D eigenvalue weighted by Gasteiger charge is -2.34. The number of thiocarbonyl (C=S) groups is 2. The standard InChI is InChI=1S/C9H16N2S3/c1-3-10(4-2)8(12)11-6-5-7-14-9(11)13/h3-7H2,1-2H3. The summed E-state index contributed by atoms with van der Waals surface area (Å²) in [6.07, 6.45) is 1.17. The molecule has 1 heterocycles. The summed E-state index contributed by atoms with van der Waals surface area (Å²) in [7, 11) is 0. The second kappa shape index (κ2) is 5.88. The summed E-state index contributed by atoms with van der Waals surface area (Å²) in [6.45, 7) is 7.14. The van der Waals surface area contributed by atoms with Crippen molar-refractivity contribution >= 4 is 45.6 Å². The molecule has 0 atom stereocenters. The van der Waals surface area contributed by atoms with Crippen LogP contribution in [-0.2, 0) is 0 Å². The average molecular weight is 248 g/mol. The molecule has 2 nitrogen and oxygen atoms in total. The first-order valence-electron chi connectivity index (χ1n) is 4.93. The summed E-state index contributed by atoms with van der Waals surface area (Å²) in [5.41, 5.74) is 0. The molecular formula is C9H16N2S3. The maximum Gasteiger partial charge on any atom is 0.177 e. The molecule has 14 heavy (non-hydrogen) atoms. The molecule has 0 radical (unpaired) electrons. The van der Waals surface area contributed by atoms with Crippen molar-refractivity contribution in [3.63, 3.8) is 0 Å². The molecule has 0 aliphatic carbocycles. The Morgan fingerprint density at radius 3 is 2.64 bits per heavy atom. The van der Waals surface area contributed by atoms with Crippen molar-refractivity contribution in [2.45, 2.75) is 20.3 Å². The van der Waals surface area contributed by atoms with Crippen molar-refractivity contribution in [3.05, 3.63) is 0 Å². The third kappa shape index (κ3) is 2.81. The molecule has 0 unspecified atom stereocenters. The Labute approximate surface area is 101 Å². The van der Waals surface area contributed by atoms with Crippen LogP contribution in [0.25, 0.3) is 0 Å². The van der Waals surface area contributed by atoms with Gasteiger partial charge in [-0.15, -0.1) is 0 Å². The molecule has 0 N–H and O–H groups in total. The van der Waals surface area contributed by atoms with Gasteiger partial charge in [-0.1, -0.05) is 24.0 Å². The third-order valence-corrected chi connectivity index (χ3v) is 4.25. The van der Waals surface area contributed by atoms with Crippen molar-refractivity contribution in [2.24, 2.45) is 0 Å². The predicted molar refractivity (Wildman–Crippen MR) is 71.9 cm³/mol. The molecule has 5 heteroatoms. The minimum atomic E-state index is 0.896. The van der Waals surface area contributed by atoms with Gasteiger partial charge in [0.15, 0.2) is 5.11 Å². The van der Waals surface area contributed by atoms with Gasteiger partial charge in [-0.05, 0) is 32.5 Å². The zero-order chi connectivity index (χ0) is 10.6. The predicted octanol–water partition coefficient (Wildman–Crippen LogP) is 2.34. The van der Waals surface area contributed by atoms with E-state index in [1.807, 2.05) is 0 Å². The molecule has 0 bridgehead atoms. The maximum atomic E-state index is 5.42. The Balaban J connectivity index is 2.61. The van der Waals surface area contributed by atoms with Crippen molar-refractivity contribution in [2.75, 3.05) is 25.4 Å². The highest BCUT2D eigenvalue weighted by Crippen LogP contribution is 2.19. The number of rotatable bonds is 2. The van der Waals surface area contributed by atoms with Gasteiger partial charge < -0.3 is 9.80 Å². The Kier molecular flexibility index (Phi) is 5.12. The van der Waals surface area contributed by atoms with Crippen molar-refractivity contribution in [1.29, 1.82) is 0 Å². The molecular weight excluding hydrogens is 232 g/mol. The van der Waals surface area contributed by atoms with Crippen LogP contribution in [0.5, 0.6) is 0 Å². The molecule has 0 aromatic heterocycles. The van der Waals surface area contributed by atoms with E-state index in [1.165, 1.54) is 6.42 Å². The van der Waals surface area contributed by atoms with E-state index in [0.717, 1.165) is 34.8 Å². The fourth-order valence-electron chi connectivity index (χ4n) is 1.39. The lowest BCUT2D eigenvalue weighted by atomic mass is 10.4. The van der Waals surface area contributed by atoms with Crippen LogP contribution in [0.2, 0.25) is 0 Å². The van der Waals surface area contributed by atoms with E-state index in [9.17, 15) is 0 Å². The van der Waals surface area contributed by atoms with E-state index in [0.29, 0.717) is 0 Å². The third-order valence-electron chi connectivity index (χ3n) is 2.24. The van der Waals surface area contributed by atoms with Crippen LogP contribution in [0.1, 0.15) is 20.3 Å². The minimum absolute atomic E-state index is 0.896. The molecule has 1 rings (SSSR count). The summed E-state index contributed by atoms with van der Waals surface area (Å²) in [5, 5.41) is 0.896. The molecule has 0 aromatic carbocycles. The Morgan fingerprint density at radius 1 is 1.50 bits per heavy atom. The molecule has 1 aliphatic heterocycles. The maximum absolute atomic E-state index is 5.42. The highest BCUT2D eigenvalue weighted by Gasteiger charge is 2.21. The molecule has 80 valence electrons. The molecule has 0 aromatic rings. The first-order chi connectivity index (χ1) is 6.70. The summed E-state index contributed by atoms with van der Waals surface area (Å²) < 4.78 is 0.938. The van der Waals surface area contributed by atoms with E-state index in [-0.39, 0.29) is 0 Å². The smallest absolute Gasteiger partial charge is 0.177 e. The average Bonchev–Trinajstić information content (AvgIpc) is 2.20. The SMILES string of the molecule is CCN(CC)C(=S)N1CCCSC1=S. The number of hydrogen-bond acceptors (Lipinski definition) is 3. The molecule has 0 saturated carbocycles. The van der Waals surface area contributed by atoms with Gasteiger partial charge in [-0.3, -0.25) is 0 Å². The molecule has 1 fully saturated rings. The van der Waals surface area contributed by atoms with Crippen molar-refractivity contribution in [3.8, 4) is 0 Å². The second-order valence-electron chi connectivity index (χ2n) is 3.07. The monoisotopic (exact) mass is 248 g/mol. The van der Waals surface area contributed by atoms with Gasteiger partial charge in [0.1, 0.15) is 4.32 Å². The first-order valence-corrected chi connectivity index (χ1v) is 6.74. The number of hydrogen-bond donors (Lipinski definition) is 0. The highest BCUT2D eigenvalue weighted by molar-refractivity contribution is 8.23. The lowest BCUT2D eigenvalue weighted by Crippen LogP contribution is -2.46. The van der Waals surface area contributed by atoms with Crippen molar-refractivity contribution in [1.82, 2.24) is 9.80 Å². The fourth-order valence-corrected chi connectivity index (χ4v) is 3.16. The highest BCUT2D eigenvalue weighted by atomic mass is 32.2. The second-order valence-corrected chi connectivity index (χ2v) is 5.17. The summed E-state index contributed by atoms with van der Waals surface area (Å²) in [4.78, 5) is 4.26. The zero-order valence-corrected chi connectivity index (χ0v) is 11.1. The topological polar surface area (TPSA) is 6.48 Å². The van der Waals surface area contributed by atoms with Crippen LogP contribution in [0.15, 0.2) is 0 Å². The van der Waals surface area contributed by atoms with Crippen molar-refractivity contribution < 1.29 is 0 Å². The van der Waals surface area contributed by atoms with E-state index >= 15 is 0 Å². The van der Waals surface area contributed by atoms with Crippen LogP contribution < -0.4 is 0 Å². The normalized spacial score (nSPS) is 17.0. The molecule has 0 amide bonds. The molecule has 0 spiro atoms. The van der Waals surface area contributed by atoms with Crippen LogP contribution >= 0.6 is 36.2 Å². The van der Waals surface area contributed by atoms with Gasteiger partial charge in [0.25, 0.3) is 0 Å². The van der Waals surface area contributed by atoms with Crippen LogP contribution in [0, 0.1) is 0 Å². The fraction of sp³-hybridized carbons (Fsp3) is 0.778. The molecule has 1 aliphatic rings. The largest absolute Gasteiger partial charge is 0.349 e. The molecule has 1 saturated heterocycles. The van der Waals surface area contributed by atoms with Crippen LogP contribution in [-0.4, -0.2) is 44.6 Å². The van der Waals surface area contributed by atoms with Gasteiger partial charge >= 0.3 is 0 Å². The summed E-state index contributed by atoms with van der Waals surface area (Å²) in [6, 6.07) is 0. The Hall–Kier alpha value is 0.130. The van der Waals surface area contributed by atoms with Gasteiger partial charge in [-0.25, -0.2) is 0 Å². The van der Waals surface area contributed by atoms with Gasteiger partial charge in [-0.2, -0.15) is 0 Å². The Bertz CT molecular complexity index is 226. The zero-order valence-electron chi connectivity index (χ0n) is 8.65. The van der Waals surface area contributed by atoms with E-state index in [4.69, 9.17) is 24.4 Å². The minimum Gasteiger partial charge on any atom is -0.349 e. The quantitative estimate of drug-likeness (QED) is 0.690. The van der Waals surface area contributed by atoms with Crippen LogP contribution in [0.3, 0.4) is 0 Å². The van der Waals surface area contributed by atoms with E-state index in [2.05, 4.69) is 23.6 Å². The first kappa shape index (κ1) is 12.2. The number of nitrogens with zero attached hydrogens (tertiary/aromatic N) is 2. The van der Waals surface area contributed by atoms with E-state index in [1.54, 1.807) is 11.8 Å². The summed E-state index contributed by atoms with van der Waals surface area (Å²) >= 11 is 12.5. The van der Waals surface area contributed by atoms with E-state index < -0.39 is 0 Å². The Morgan fingerprint density at radius 2 is 2.14 bits per heavy atom.